The molecule has 0 aliphatic heterocycles. The van der Waals surface area contributed by atoms with Crippen LogP contribution in [0.25, 0.3) is 0 Å². The van der Waals surface area contributed by atoms with Crippen LogP contribution < -0.4 is 16.2 Å². The van der Waals surface area contributed by atoms with Crippen molar-refractivity contribution in [2.24, 2.45) is 16.5 Å². The van der Waals surface area contributed by atoms with E-state index in [0.717, 1.165) is 18.6 Å². The number of aliphatic imine (C=N–C) groups is 1. The molecule has 4 heteroatoms. The number of benzene rings is 1. The molecule has 100 valence electrons. The lowest BCUT2D eigenvalue weighted by Crippen LogP contribution is -2.24. The molecule has 0 spiro atoms. The molecule has 0 unspecified atom stereocenters. The van der Waals surface area contributed by atoms with Gasteiger partial charge in [-0.3, -0.25) is 4.99 Å². The number of nitrogens with two attached hydrogens (primary N) is 2. The van der Waals surface area contributed by atoms with Crippen molar-refractivity contribution in [1.82, 2.24) is 0 Å². The molecule has 1 atom stereocenters. The molecule has 18 heavy (non-hydrogen) atoms. The van der Waals surface area contributed by atoms with Crippen LogP contribution in [0.3, 0.4) is 0 Å². The first-order valence-corrected chi connectivity index (χ1v) is 6.31. The lowest BCUT2D eigenvalue weighted by Gasteiger charge is -2.10. The van der Waals surface area contributed by atoms with Gasteiger partial charge in [0.25, 0.3) is 0 Å². The summed E-state index contributed by atoms with van der Waals surface area (Å²) in [5.74, 6) is 1.06. The van der Waals surface area contributed by atoms with Crippen molar-refractivity contribution in [3.63, 3.8) is 0 Å². The van der Waals surface area contributed by atoms with Crippen molar-refractivity contribution in [3.05, 3.63) is 29.8 Å². The number of ether oxygens (including phenoxy) is 1. The van der Waals surface area contributed by atoms with Crippen LogP contribution in [0.15, 0.2) is 29.3 Å². The average Bonchev–Trinajstić information content (AvgIpc) is 2.26. The number of hydrogen-bond acceptors (Lipinski definition) is 2. The van der Waals surface area contributed by atoms with Crippen molar-refractivity contribution in [1.29, 1.82) is 0 Å². The Kier molecular flexibility index (Phi) is 5.49. The fourth-order valence-corrected chi connectivity index (χ4v) is 1.70. The zero-order valence-electron chi connectivity index (χ0n) is 11.4. The molecule has 0 aliphatic carbocycles. The first-order valence-electron chi connectivity index (χ1n) is 6.31. The third-order valence-corrected chi connectivity index (χ3v) is 2.52. The van der Waals surface area contributed by atoms with Gasteiger partial charge in [-0.2, -0.15) is 0 Å². The van der Waals surface area contributed by atoms with E-state index < -0.39 is 0 Å². The second kappa shape index (κ2) is 6.89. The number of guanidine groups is 1. The number of nitrogens with zero attached hydrogens (tertiary/aromatic N) is 1. The van der Waals surface area contributed by atoms with Crippen LogP contribution in [0.4, 0.5) is 0 Å². The van der Waals surface area contributed by atoms with E-state index >= 15 is 0 Å². The summed E-state index contributed by atoms with van der Waals surface area (Å²) in [7, 11) is 0. The third kappa shape index (κ3) is 5.57. The molecule has 0 aromatic heterocycles. The van der Waals surface area contributed by atoms with Gasteiger partial charge in [-0.1, -0.05) is 12.1 Å². The minimum Gasteiger partial charge on any atom is -0.491 e. The number of aryl methyl sites for hydroxylation is 1. The van der Waals surface area contributed by atoms with Crippen LogP contribution in [-0.4, -0.2) is 18.1 Å². The lowest BCUT2D eigenvalue weighted by molar-refractivity contribution is 0.242. The van der Waals surface area contributed by atoms with Crippen LogP contribution in [0.5, 0.6) is 5.75 Å². The van der Waals surface area contributed by atoms with Gasteiger partial charge in [0.05, 0.1) is 12.1 Å². The van der Waals surface area contributed by atoms with E-state index in [0.29, 0.717) is 0 Å². The molecule has 4 N–H and O–H groups in total. The van der Waals surface area contributed by atoms with Gasteiger partial charge in [0.1, 0.15) is 5.75 Å². The van der Waals surface area contributed by atoms with Crippen LogP contribution in [-0.2, 0) is 6.42 Å². The van der Waals surface area contributed by atoms with Gasteiger partial charge in [-0.15, -0.1) is 0 Å². The van der Waals surface area contributed by atoms with Gasteiger partial charge in [-0.25, -0.2) is 0 Å². The Bertz CT molecular complexity index is 381. The van der Waals surface area contributed by atoms with Crippen molar-refractivity contribution in [2.75, 3.05) is 0 Å². The van der Waals surface area contributed by atoms with Crippen LogP contribution >= 0.6 is 0 Å². The Hall–Kier alpha value is -1.71. The Morgan fingerprint density at radius 2 is 1.78 bits per heavy atom. The van der Waals surface area contributed by atoms with E-state index in [4.69, 9.17) is 16.2 Å². The summed E-state index contributed by atoms with van der Waals surface area (Å²) < 4.78 is 5.59. The number of hydrogen-bond donors (Lipinski definition) is 2. The highest BCUT2D eigenvalue weighted by Gasteiger charge is 2.02. The van der Waals surface area contributed by atoms with E-state index in [1.54, 1.807) is 0 Å². The second-order valence-corrected chi connectivity index (χ2v) is 4.75. The molecule has 0 bridgehead atoms. The topological polar surface area (TPSA) is 73.6 Å². The molecule has 0 aliphatic rings. The molecule has 0 radical (unpaired) electrons. The Morgan fingerprint density at radius 3 is 2.28 bits per heavy atom. The van der Waals surface area contributed by atoms with Gasteiger partial charge in [0.2, 0.25) is 0 Å². The van der Waals surface area contributed by atoms with Gasteiger partial charge >= 0.3 is 0 Å². The zero-order valence-corrected chi connectivity index (χ0v) is 11.4. The summed E-state index contributed by atoms with van der Waals surface area (Å²) in [4.78, 5) is 4.10. The van der Waals surface area contributed by atoms with E-state index in [-0.39, 0.29) is 18.1 Å². The molecule has 0 amide bonds. The molecule has 0 saturated carbocycles. The fourth-order valence-electron chi connectivity index (χ4n) is 1.70. The van der Waals surface area contributed by atoms with E-state index in [2.05, 4.69) is 17.1 Å². The largest absolute Gasteiger partial charge is 0.491 e. The predicted octanol–water partition coefficient (Wildman–Crippen LogP) is 2.07. The third-order valence-electron chi connectivity index (χ3n) is 2.52. The number of rotatable bonds is 6. The molecule has 0 heterocycles. The molecule has 0 saturated heterocycles. The van der Waals surface area contributed by atoms with Crippen molar-refractivity contribution < 1.29 is 4.74 Å². The fraction of sp³-hybridized carbons (Fsp3) is 0.500. The minimum absolute atomic E-state index is 0.154. The molecular weight excluding hydrogens is 226 g/mol. The second-order valence-electron chi connectivity index (χ2n) is 4.75. The molecular formula is C14H23N3O. The average molecular weight is 249 g/mol. The molecule has 0 fully saturated rings. The molecule has 1 aromatic carbocycles. The molecule has 1 rings (SSSR count). The van der Waals surface area contributed by atoms with Gasteiger partial charge in [0, 0.05) is 0 Å². The molecule has 4 nitrogen and oxygen atoms in total. The maximum absolute atomic E-state index is 5.59. The maximum Gasteiger partial charge on any atom is 0.186 e. The first-order chi connectivity index (χ1) is 8.47. The summed E-state index contributed by atoms with van der Waals surface area (Å²) in [6.07, 6.45) is 2.10. The smallest absolute Gasteiger partial charge is 0.186 e. The predicted molar refractivity (Wildman–Crippen MR) is 75.8 cm³/mol. The summed E-state index contributed by atoms with van der Waals surface area (Å²) >= 11 is 0. The van der Waals surface area contributed by atoms with Crippen molar-refractivity contribution in [3.8, 4) is 5.75 Å². The Balaban J connectivity index is 2.46. The van der Waals surface area contributed by atoms with Crippen LogP contribution in [0.1, 0.15) is 32.8 Å². The maximum atomic E-state index is 5.59. The summed E-state index contributed by atoms with van der Waals surface area (Å²) in [5, 5.41) is 0. The highest BCUT2D eigenvalue weighted by atomic mass is 16.5. The van der Waals surface area contributed by atoms with Crippen LogP contribution in [0.2, 0.25) is 0 Å². The zero-order chi connectivity index (χ0) is 13.5. The highest BCUT2D eigenvalue weighted by molar-refractivity contribution is 5.75. The first kappa shape index (κ1) is 14.4. The lowest BCUT2D eigenvalue weighted by atomic mass is 10.1. The van der Waals surface area contributed by atoms with E-state index in [9.17, 15) is 0 Å². The minimum atomic E-state index is 0.154. The quantitative estimate of drug-likeness (QED) is 0.598. The van der Waals surface area contributed by atoms with Crippen molar-refractivity contribution in [2.45, 2.75) is 45.8 Å². The monoisotopic (exact) mass is 249 g/mol. The molecule has 1 aromatic rings. The normalized spacial score (nSPS) is 12.2. The summed E-state index contributed by atoms with van der Waals surface area (Å²) in [6, 6.07) is 8.32. The summed E-state index contributed by atoms with van der Waals surface area (Å²) in [6.45, 7) is 6.05. The SMILES string of the molecule is CC(C)Oc1ccc(CC[C@H](C)N=C(N)N)cc1. The highest BCUT2D eigenvalue weighted by Crippen LogP contribution is 2.15. The van der Waals surface area contributed by atoms with E-state index in [1.165, 1.54) is 5.56 Å². The Morgan fingerprint density at radius 1 is 1.17 bits per heavy atom. The van der Waals surface area contributed by atoms with Gasteiger partial charge in [-0.05, 0) is 51.3 Å². The standard InChI is InChI=1S/C14H23N3O/c1-10(2)18-13-8-6-12(7-9-13)5-4-11(3)17-14(15)16/h6-11H,4-5H2,1-3H3,(H4,15,16,17)/t11-/m0/s1. The summed E-state index contributed by atoms with van der Waals surface area (Å²) in [5.41, 5.74) is 11.9. The van der Waals surface area contributed by atoms with Gasteiger partial charge < -0.3 is 16.2 Å². The van der Waals surface area contributed by atoms with Crippen LogP contribution in [0, 0.1) is 0 Å². The van der Waals surface area contributed by atoms with Crippen molar-refractivity contribution >= 4 is 5.96 Å². The van der Waals surface area contributed by atoms with E-state index in [1.807, 2.05) is 32.9 Å². The van der Waals surface area contributed by atoms with Gasteiger partial charge in [0.15, 0.2) is 5.96 Å². The Labute approximate surface area is 109 Å².